The SMILES string of the molecule is CC1(CC(=O)O)CCN(c2nc(-c3cc(-c4ccon4)n(Cc4ccccc4F)n3)ncc2F)CC1. The molecule has 0 spiro atoms. The van der Waals surface area contributed by atoms with Crippen molar-refractivity contribution < 1.29 is 23.2 Å². The second-order valence-corrected chi connectivity index (χ2v) is 9.28. The maximum atomic E-state index is 14.8. The third-order valence-corrected chi connectivity index (χ3v) is 6.56. The monoisotopic (exact) mass is 494 g/mol. The Morgan fingerprint density at radius 2 is 1.92 bits per heavy atom. The van der Waals surface area contributed by atoms with Crippen molar-refractivity contribution in [2.45, 2.75) is 32.7 Å². The smallest absolute Gasteiger partial charge is 0.303 e. The molecule has 1 fully saturated rings. The number of anilines is 1. The summed E-state index contributed by atoms with van der Waals surface area (Å²) in [6, 6.07) is 9.78. The molecule has 0 radical (unpaired) electrons. The first kappa shape index (κ1) is 23.6. The molecular formula is C25H24F2N6O3. The molecule has 1 aliphatic rings. The Morgan fingerprint density at radius 3 is 2.61 bits per heavy atom. The number of aliphatic carboxylic acids is 1. The Bertz CT molecular complexity index is 1380. The maximum Gasteiger partial charge on any atom is 0.303 e. The van der Waals surface area contributed by atoms with Gasteiger partial charge in [-0.2, -0.15) is 5.10 Å². The minimum atomic E-state index is -0.838. The van der Waals surface area contributed by atoms with E-state index in [-0.39, 0.29) is 35.8 Å². The lowest BCUT2D eigenvalue weighted by Crippen LogP contribution is -2.40. The van der Waals surface area contributed by atoms with Crippen molar-refractivity contribution in [3.05, 3.63) is 66.1 Å². The highest BCUT2D eigenvalue weighted by molar-refractivity contribution is 5.68. The van der Waals surface area contributed by atoms with E-state index < -0.39 is 11.8 Å². The lowest BCUT2D eigenvalue weighted by Gasteiger charge is -2.39. The van der Waals surface area contributed by atoms with Crippen LogP contribution in [-0.4, -0.2) is 49.1 Å². The van der Waals surface area contributed by atoms with Crippen molar-refractivity contribution in [1.29, 1.82) is 0 Å². The molecule has 4 heterocycles. The fourth-order valence-electron chi connectivity index (χ4n) is 4.49. The molecule has 0 bridgehead atoms. The van der Waals surface area contributed by atoms with Crippen LogP contribution in [0.25, 0.3) is 22.9 Å². The molecule has 1 aromatic carbocycles. The van der Waals surface area contributed by atoms with E-state index in [1.54, 1.807) is 39.9 Å². The summed E-state index contributed by atoms with van der Waals surface area (Å²) in [6.07, 6.45) is 3.81. The molecule has 1 aliphatic heterocycles. The van der Waals surface area contributed by atoms with Crippen molar-refractivity contribution in [3.8, 4) is 22.9 Å². The molecule has 1 N–H and O–H groups in total. The van der Waals surface area contributed by atoms with Gasteiger partial charge in [-0.1, -0.05) is 30.3 Å². The van der Waals surface area contributed by atoms with Gasteiger partial charge in [0, 0.05) is 24.7 Å². The molecular weight excluding hydrogens is 470 g/mol. The van der Waals surface area contributed by atoms with E-state index in [1.807, 2.05) is 6.92 Å². The Morgan fingerprint density at radius 1 is 1.14 bits per heavy atom. The lowest BCUT2D eigenvalue weighted by atomic mass is 9.77. The highest BCUT2D eigenvalue weighted by Crippen LogP contribution is 2.36. The molecule has 9 nitrogen and oxygen atoms in total. The first-order valence-electron chi connectivity index (χ1n) is 11.5. The molecule has 186 valence electrons. The molecule has 4 aromatic rings. The van der Waals surface area contributed by atoms with Crippen LogP contribution in [0.2, 0.25) is 0 Å². The van der Waals surface area contributed by atoms with Gasteiger partial charge in [-0.3, -0.25) is 9.48 Å². The third kappa shape index (κ3) is 4.81. The second kappa shape index (κ2) is 9.48. The summed E-state index contributed by atoms with van der Waals surface area (Å²) < 4.78 is 35.6. The van der Waals surface area contributed by atoms with Crippen molar-refractivity contribution in [2.24, 2.45) is 5.41 Å². The van der Waals surface area contributed by atoms with Gasteiger partial charge in [0.15, 0.2) is 17.5 Å². The van der Waals surface area contributed by atoms with E-state index in [4.69, 9.17) is 4.52 Å². The summed E-state index contributed by atoms with van der Waals surface area (Å²) in [5, 5.41) is 17.7. The average Bonchev–Trinajstić information content (AvgIpc) is 3.51. The Hall–Kier alpha value is -4.15. The number of carboxylic acids is 1. The summed E-state index contributed by atoms with van der Waals surface area (Å²) in [5.74, 6) is -1.41. The lowest BCUT2D eigenvalue weighted by molar-refractivity contribution is -0.139. The average molecular weight is 495 g/mol. The van der Waals surface area contributed by atoms with E-state index >= 15 is 0 Å². The standard InChI is InChI=1S/C25H24F2N6O3/c1-25(13-22(34)35)7-9-32(10-8-25)24-18(27)14-28-23(29-24)20-12-21(19-6-11-36-31-19)33(30-20)15-16-4-2-3-5-17(16)26/h2-6,11-12,14H,7-10,13,15H2,1H3,(H,34,35). The van der Waals surface area contributed by atoms with Gasteiger partial charge in [-0.05, 0) is 30.4 Å². The zero-order valence-corrected chi connectivity index (χ0v) is 19.6. The molecule has 3 aromatic heterocycles. The van der Waals surface area contributed by atoms with Crippen molar-refractivity contribution in [2.75, 3.05) is 18.0 Å². The van der Waals surface area contributed by atoms with Crippen molar-refractivity contribution >= 4 is 11.8 Å². The number of carbonyl (C=O) groups is 1. The largest absolute Gasteiger partial charge is 0.481 e. The Balaban J connectivity index is 1.45. The minimum absolute atomic E-state index is 0.0720. The summed E-state index contributed by atoms with van der Waals surface area (Å²) in [4.78, 5) is 21.6. The van der Waals surface area contributed by atoms with Crippen LogP contribution < -0.4 is 4.90 Å². The summed E-state index contributed by atoms with van der Waals surface area (Å²) in [6.45, 7) is 3.03. The van der Waals surface area contributed by atoms with Gasteiger partial charge in [0.2, 0.25) is 0 Å². The van der Waals surface area contributed by atoms with E-state index in [0.29, 0.717) is 48.6 Å². The molecule has 0 atom stereocenters. The maximum absolute atomic E-state index is 14.8. The zero-order valence-electron chi connectivity index (χ0n) is 19.6. The third-order valence-electron chi connectivity index (χ3n) is 6.56. The van der Waals surface area contributed by atoms with Gasteiger partial charge in [0.25, 0.3) is 0 Å². The minimum Gasteiger partial charge on any atom is -0.481 e. The van der Waals surface area contributed by atoms with E-state index in [2.05, 4.69) is 20.2 Å². The number of hydrogen-bond acceptors (Lipinski definition) is 7. The van der Waals surface area contributed by atoms with Gasteiger partial charge in [0.1, 0.15) is 23.5 Å². The topological polar surface area (TPSA) is 110 Å². The number of rotatable bonds is 7. The molecule has 1 saturated heterocycles. The Labute approximate surface area is 205 Å². The number of aromatic nitrogens is 5. The molecule has 5 rings (SSSR count). The molecule has 0 aliphatic carbocycles. The molecule has 0 saturated carbocycles. The van der Waals surface area contributed by atoms with E-state index in [1.165, 1.54) is 12.3 Å². The normalized spacial score (nSPS) is 15.2. The van der Waals surface area contributed by atoms with Crippen molar-refractivity contribution in [1.82, 2.24) is 24.9 Å². The van der Waals surface area contributed by atoms with Crippen LogP contribution in [0.4, 0.5) is 14.6 Å². The first-order chi connectivity index (χ1) is 17.3. The van der Waals surface area contributed by atoms with Crippen LogP contribution in [0, 0.1) is 17.0 Å². The zero-order chi connectivity index (χ0) is 25.3. The highest BCUT2D eigenvalue weighted by atomic mass is 19.1. The van der Waals surface area contributed by atoms with Crippen LogP contribution >= 0.6 is 0 Å². The fourth-order valence-corrected chi connectivity index (χ4v) is 4.49. The summed E-state index contributed by atoms with van der Waals surface area (Å²) in [7, 11) is 0. The number of nitrogens with zero attached hydrogens (tertiary/aromatic N) is 6. The number of piperidine rings is 1. The van der Waals surface area contributed by atoms with E-state index in [0.717, 1.165) is 6.20 Å². The number of benzene rings is 1. The highest BCUT2D eigenvalue weighted by Gasteiger charge is 2.33. The molecule has 11 heteroatoms. The van der Waals surface area contributed by atoms with Crippen LogP contribution in [0.3, 0.4) is 0 Å². The molecule has 0 unspecified atom stereocenters. The number of hydrogen-bond donors (Lipinski definition) is 1. The predicted octanol–water partition coefficient (Wildman–Crippen LogP) is 4.40. The van der Waals surface area contributed by atoms with E-state index in [9.17, 15) is 18.7 Å². The number of carboxylic acid groups (broad SMARTS) is 1. The predicted molar refractivity (Wildman–Crippen MR) is 126 cm³/mol. The molecule has 36 heavy (non-hydrogen) atoms. The van der Waals surface area contributed by atoms with Gasteiger partial charge in [-0.25, -0.2) is 18.7 Å². The van der Waals surface area contributed by atoms with Crippen molar-refractivity contribution in [3.63, 3.8) is 0 Å². The van der Waals surface area contributed by atoms with Gasteiger partial charge >= 0.3 is 5.97 Å². The Kier molecular flexibility index (Phi) is 6.21. The summed E-state index contributed by atoms with van der Waals surface area (Å²) >= 11 is 0. The van der Waals surface area contributed by atoms with Crippen LogP contribution in [0.5, 0.6) is 0 Å². The van der Waals surface area contributed by atoms with Crippen LogP contribution in [-0.2, 0) is 11.3 Å². The van der Waals surface area contributed by atoms with Crippen LogP contribution in [0.15, 0.2) is 53.4 Å². The fraction of sp³-hybridized carbons (Fsp3) is 0.320. The number of halogens is 2. The van der Waals surface area contributed by atoms with Crippen LogP contribution in [0.1, 0.15) is 31.7 Å². The second-order valence-electron chi connectivity index (χ2n) is 9.28. The van der Waals surface area contributed by atoms with Gasteiger partial charge < -0.3 is 14.5 Å². The summed E-state index contributed by atoms with van der Waals surface area (Å²) in [5.41, 5.74) is 1.54. The first-order valence-corrected chi connectivity index (χ1v) is 11.5. The van der Waals surface area contributed by atoms with Gasteiger partial charge in [0.05, 0.1) is 24.9 Å². The van der Waals surface area contributed by atoms with Gasteiger partial charge in [-0.15, -0.1) is 0 Å². The molecule has 0 amide bonds. The quantitative estimate of drug-likeness (QED) is 0.403.